The lowest BCUT2D eigenvalue weighted by molar-refractivity contribution is 0.461. The van der Waals surface area contributed by atoms with Crippen LogP contribution in [0, 0.1) is 6.92 Å². The van der Waals surface area contributed by atoms with Gasteiger partial charge in [0.1, 0.15) is 5.82 Å². The van der Waals surface area contributed by atoms with Gasteiger partial charge in [-0.2, -0.15) is 0 Å². The molecule has 5 aromatic rings. The van der Waals surface area contributed by atoms with E-state index in [1.54, 1.807) is 36.9 Å². The largest absolute Gasteiger partial charge is 0.420 e. The van der Waals surface area contributed by atoms with E-state index in [1.807, 2.05) is 42.7 Å². The van der Waals surface area contributed by atoms with E-state index in [0.29, 0.717) is 40.7 Å². The third-order valence-electron chi connectivity index (χ3n) is 5.13. The molecule has 0 spiro atoms. The highest BCUT2D eigenvalue weighted by Gasteiger charge is 2.23. The Bertz CT molecular complexity index is 1380. The van der Waals surface area contributed by atoms with E-state index >= 15 is 0 Å². The van der Waals surface area contributed by atoms with Crippen LogP contribution in [0.2, 0.25) is 5.02 Å². The predicted molar refractivity (Wildman–Crippen MR) is 122 cm³/mol. The van der Waals surface area contributed by atoms with E-state index in [2.05, 4.69) is 35.3 Å². The first kappa shape index (κ1) is 20.9. The van der Waals surface area contributed by atoms with Crippen molar-refractivity contribution in [3.05, 3.63) is 83.6 Å². The molecule has 1 unspecified atom stereocenters. The molecule has 0 aliphatic carbocycles. The molecule has 0 aliphatic heterocycles. The molecule has 0 fully saturated rings. The summed E-state index contributed by atoms with van der Waals surface area (Å²) in [6.07, 6.45) is 7.30. The molecule has 0 radical (unpaired) electrons. The van der Waals surface area contributed by atoms with Crippen molar-refractivity contribution in [1.29, 1.82) is 0 Å². The van der Waals surface area contributed by atoms with Gasteiger partial charge >= 0.3 is 0 Å². The second kappa shape index (κ2) is 8.87. The highest BCUT2D eigenvalue weighted by atomic mass is 35.5. The van der Waals surface area contributed by atoms with E-state index in [0.717, 1.165) is 16.8 Å². The van der Waals surface area contributed by atoms with Gasteiger partial charge in [0.15, 0.2) is 11.6 Å². The minimum Gasteiger partial charge on any atom is -0.420 e. The molecule has 0 saturated heterocycles. The molecule has 9 nitrogen and oxygen atoms in total. The normalized spacial score (nSPS) is 12.1. The highest BCUT2D eigenvalue weighted by Crippen LogP contribution is 2.29. The van der Waals surface area contributed by atoms with Gasteiger partial charge < -0.3 is 4.42 Å². The summed E-state index contributed by atoms with van der Waals surface area (Å²) in [4.78, 5) is 12.9. The maximum Gasteiger partial charge on any atom is 0.249 e. The van der Waals surface area contributed by atoms with Crippen LogP contribution in [0.3, 0.4) is 0 Å². The number of hydrogen-bond acceptors (Lipinski definition) is 8. The first-order valence-electron chi connectivity index (χ1n) is 10.3. The SMILES string of the molecule is Cc1ccc(-c2nnc(C(C)Cc3nnc(-c4ccncc4)n3-c3ncccc3Cl)o2)cn1. The molecule has 0 aromatic carbocycles. The van der Waals surface area contributed by atoms with Crippen LogP contribution in [0.1, 0.15) is 30.3 Å². The summed E-state index contributed by atoms with van der Waals surface area (Å²) < 4.78 is 7.79. The minimum absolute atomic E-state index is 0.125. The molecule has 5 aromatic heterocycles. The molecule has 0 amide bonds. The average Bonchev–Trinajstić information content (AvgIpc) is 3.48. The van der Waals surface area contributed by atoms with Gasteiger partial charge in [-0.3, -0.25) is 14.5 Å². The van der Waals surface area contributed by atoms with Crippen molar-refractivity contribution in [3.8, 4) is 28.7 Å². The molecule has 1 atom stereocenters. The Morgan fingerprint density at radius 2 is 1.79 bits per heavy atom. The summed E-state index contributed by atoms with van der Waals surface area (Å²) in [6.45, 7) is 3.92. The van der Waals surface area contributed by atoms with Crippen molar-refractivity contribution in [2.45, 2.75) is 26.2 Å². The van der Waals surface area contributed by atoms with Gasteiger partial charge in [-0.05, 0) is 43.3 Å². The molecule has 10 heteroatoms. The first-order valence-corrected chi connectivity index (χ1v) is 10.7. The Morgan fingerprint density at radius 3 is 2.55 bits per heavy atom. The van der Waals surface area contributed by atoms with Crippen LogP contribution >= 0.6 is 11.6 Å². The van der Waals surface area contributed by atoms with Gasteiger partial charge in [-0.15, -0.1) is 20.4 Å². The molecule has 164 valence electrons. The first-order chi connectivity index (χ1) is 16.1. The molecule has 0 aliphatic rings. The van der Waals surface area contributed by atoms with Crippen LogP contribution in [-0.4, -0.2) is 39.9 Å². The van der Waals surface area contributed by atoms with E-state index < -0.39 is 0 Å². The van der Waals surface area contributed by atoms with Crippen LogP contribution in [0.5, 0.6) is 0 Å². The number of hydrogen-bond donors (Lipinski definition) is 0. The topological polar surface area (TPSA) is 108 Å². The van der Waals surface area contributed by atoms with Crippen molar-refractivity contribution < 1.29 is 4.42 Å². The van der Waals surface area contributed by atoms with E-state index in [9.17, 15) is 0 Å². The fraction of sp³-hybridized carbons (Fsp3) is 0.174. The third-order valence-corrected chi connectivity index (χ3v) is 5.42. The molecule has 0 N–H and O–H groups in total. The standard InChI is InChI=1S/C23H19ClN8O/c1-14(22-30-31-23(33-22)17-6-5-15(2)27-13-17)12-19-28-29-20(16-7-10-25-11-8-16)32(19)21-18(24)4-3-9-26-21/h3-11,13-14H,12H2,1-2H3. The number of halogens is 1. The van der Waals surface area contributed by atoms with Crippen LogP contribution in [0.25, 0.3) is 28.7 Å². The Hall–Kier alpha value is -3.98. The molecule has 5 heterocycles. The van der Waals surface area contributed by atoms with Crippen molar-refractivity contribution >= 4 is 11.6 Å². The smallest absolute Gasteiger partial charge is 0.249 e. The number of aromatic nitrogens is 8. The maximum absolute atomic E-state index is 6.48. The molecule has 0 saturated carbocycles. The van der Waals surface area contributed by atoms with Crippen molar-refractivity contribution in [2.75, 3.05) is 0 Å². The minimum atomic E-state index is -0.125. The van der Waals surface area contributed by atoms with E-state index in [-0.39, 0.29) is 5.92 Å². The third kappa shape index (κ3) is 4.22. The average molecular weight is 459 g/mol. The van der Waals surface area contributed by atoms with Crippen molar-refractivity contribution in [2.24, 2.45) is 0 Å². The number of aryl methyl sites for hydroxylation is 1. The quantitative estimate of drug-likeness (QED) is 0.366. The summed E-state index contributed by atoms with van der Waals surface area (Å²) in [7, 11) is 0. The maximum atomic E-state index is 6.48. The predicted octanol–water partition coefficient (Wildman–Crippen LogP) is 4.48. The zero-order valence-electron chi connectivity index (χ0n) is 17.9. The molecule has 0 bridgehead atoms. The van der Waals surface area contributed by atoms with Gasteiger partial charge in [0.25, 0.3) is 0 Å². The number of pyridine rings is 3. The van der Waals surface area contributed by atoms with Gasteiger partial charge in [-0.1, -0.05) is 18.5 Å². The summed E-state index contributed by atoms with van der Waals surface area (Å²) in [6, 6.07) is 11.1. The zero-order chi connectivity index (χ0) is 22.8. The van der Waals surface area contributed by atoms with Gasteiger partial charge in [0.05, 0.1) is 10.6 Å². The summed E-state index contributed by atoms with van der Waals surface area (Å²) >= 11 is 6.48. The van der Waals surface area contributed by atoms with Crippen LogP contribution in [0.15, 0.2) is 65.6 Å². The van der Waals surface area contributed by atoms with Crippen molar-refractivity contribution in [1.82, 2.24) is 39.9 Å². The lowest BCUT2D eigenvalue weighted by Gasteiger charge is -2.12. The molecule has 33 heavy (non-hydrogen) atoms. The number of rotatable bonds is 6. The Morgan fingerprint density at radius 1 is 0.939 bits per heavy atom. The van der Waals surface area contributed by atoms with Crippen LogP contribution in [-0.2, 0) is 6.42 Å². The number of nitrogens with zero attached hydrogens (tertiary/aromatic N) is 8. The summed E-state index contributed by atoms with van der Waals surface area (Å²) in [5, 5.41) is 17.8. The van der Waals surface area contributed by atoms with Gasteiger partial charge in [0, 0.05) is 48.4 Å². The summed E-state index contributed by atoms with van der Waals surface area (Å²) in [5.41, 5.74) is 2.55. The Balaban J connectivity index is 1.49. The fourth-order valence-corrected chi connectivity index (χ4v) is 3.61. The molecular formula is C23H19ClN8O. The van der Waals surface area contributed by atoms with Crippen molar-refractivity contribution in [3.63, 3.8) is 0 Å². The van der Waals surface area contributed by atoms with Crippen LogP contribution < -0.4 is 0 Å². The van der Waals surface area contributed by atoms with Crippen LogP contribution in [0.4, 0.5) is 0 Å². The highest BCUT2D eigenvalue weighted by molar-refractivity contribution is 6.32. The molecule has 5 rings (SSSR count). The van der Waals surface area contributed by atoms with Gasteiger partial charge in [-0.25, -0.2) is 4.98 Å². The second-order valence-electron chi connectivity index (χ2n) is 7.56. The fourth-order valence-electron chi connectivity index (χ4n) is 3.41. The lowest BCUT2D eigenvalue weighted by Crippen LogP contribution is -2.09. The second-order valence-corrected chi connectivity index (χ2v) is 7.97. The Labute approximate surface area is 194 Å². The van der Waals surface area contributed by atoms with E-state index in [1.165, 1.54) is 0 Å². The molecular weight excluding hydrogens is 440 g/mol. The monoisotopic (exact) mass is 458 g/mol. The lowest BCUT2D eigenvalue weighted by atomic mass is 10.1. The van der Waals surface area contributed by atoms with E-state index in [4.69, 9.17) is 16.0 Å². The summed E-state index contributed by atoms with van der Waals surface area (Å²) in [5.74, 6) is 2.65. The Kier molecular flexibility index (Phi) is 5.62. The van der Waals surface area contributed by atoms with Gasteiger partial charge in [0.2, 0.25) is 11.8 Å². The zero-order valence-corrected chi connectivity index (χ0v) is 18.7.